The molecule has 0 radical (unpaired) electrons. The number of rotatable bonds is 7. The van der Waals surface area contributed by atoms with E-state index in [-0.39, 0.29) is 12.5 Å². The number of hydrogen-bond donors (Lipinski definition) is 1. The second-order valence-electron chi connectivity index (χ2n) is 5.58. The van der Waals surface area contributed by atoms with Gasteiger partial charge in [0, 0.05) is 19.2 Å². The largest absolute Gasteiger partial charge is 0.396 e. The highest BCUT2D eigenvalue weighted by Gasteiger charge is 2.33. The number of halogens is 1. The Morgan fingerprint density at radius 2 is 2.22 bits per heavy atom. The van der Waals surface area contributed by atoms with E-state index >= 15 is 0 Å². The molecular formula is C15H18ClN5O2. The lowest BCUT2D eigenvalue weighted by molar-refractivity contribution is 0.0737. The molecule has 23 heavy (non-hydrogen) atoms. The van der Waals surface area contributed by atoms with E-state index in [1.165, 1.54) is 11.0 Å². The van der Waals surface area contributed by atoms with Crippen molar-refractivity contribution in [2.75, 3.05) is 13.2 Å². The molecule has 1 aromatic heterocycles. The Kier molecular flexibility index (Phi) is 4.88. The molecule has 0 atom stereocenters. The molecule has 1 saturated carbocycles. The van der Waals surface area contributed by atoms with Crippen molar-refractivity contribution in [1.29, 1.82) is 0 Å². The van der Waals surface area contributed by atoms with Gasteiger partial charge in [0.05, 0.1) is 16.3 Å². The summed E-state index contributed by atoms with van der Waals surface area (Å²) in [4.78, 5) is 14.6. The minimum Gasteiger partial charge on any atom is -0.396 e. The molecule has 1 aliphatic rings. The van der Waals surface area contributed by atoms with E-state index in [9.17, 15) is 4.79 Å². The molecule has 7 nitrogen and oxygen atoms in total. The lowest BCUT2D eigenvalue weighted by Gasteiger charge is -2.23. The molecule has 1 amide bonds. The Bertz CT molecular complexity index is 673. The van der Waals surface area contributed by atoms with Gasteiger partial charge in [-0.2, -0.15) is 0 Å². The van der Waals surface area contributed by atoms with E-state index < -0.39 is 0 Å². The van der Waals surface area contributed by atoms with Crippen molar-refractivity contribution in [1.82, 2.24) is 25.1 Å². The molecule has 0 bridgehead atoms. The summed E-state index contributed by atoms with van der Waals surface area (Å²) in [6, 6.07) is 5.47. The fourth-order valence-electron chi connectivity index (χ4n) is 2.48. The van der Waals surface area contributed by atoms with Crippen LogP contribution in [-0.4, -0.2) is 55.3 Å². The molecule has 8 heteroatoms. The van der Waals surface area contributed by atoms with Gasteiger partial charge >= 0.3 is 0 Å². The van der Waals surface area contributed by atoms with Crippen LogP contribution in [0.1, 0.15) is 36.0 Å². The number of hydrogen-bond acceptors (Lipinski definition) is 5. The molecule has 1 N–H and O–H groups in total. The van der Waals surface area contributed by atoms with Crippen LogP contribution >= 0.6 is 11.6 Å². The van der Waals surface area contributed by atoms with E-state index in [0.717, 1.165) is 19.3 Å². The minimum absolute atomic E-state index is 0.0568. The number of amides is 1. The first-order chi connectivity index (χ1) is 11.2. The summed E-state index contributed by atoms with van der Waals surface area (Å²) in [6.07, 6.45) is 5.02. The van der Waals surface area contributed by atoms with Crippen molar-refractivity contribution in [3.8, 4) is 5.69 Å². The SMILES string of the molecule is O=C(c1ccc(-n2cnnn2)cc1Cl)N(CCCCO)C1CC1. The molecule has 1 heterocycles. The van der Waals surface area contributed by atoms with Gasteiger partial charge in [0.2, 0.25) is 0 Å². The summed E-state index contributed by atoms with van der Waals surface area (Å²) in [5.74, 6) is -0.0568. The monoisotopic (exact) mass is 335 g/mol. The summed E-state index contributed by atoms with van der Waals surface area (Å²) in [7, 11) is 0. The third-order valence-corrected chi connectivity index (χ3v) is 4.16. The molecule has 3 rings (SSSR count). The fraction of sp³-hybridized carbons (Fsp3) is 0.467. The number of aromatic nitrogens is 4. The van der Waals surface area contributed by atoms with Gasteiger partial charge in [0.15, 0.2) is 0 Å². The van der Waals surface area contributed by atoms with Crippen LogP contribution in [-0.2, 0) is 0 Å². The quantitative estimate of drug-likeness (QED) is 0.778. The minimum atomic E-state index is -0.0568. The van der Waals surface area contributed by atoms with Crippen LogP contribution in [0.4, 0.5) is 0 Å². The topological polar surface area (TPSA) is 84.1 Å². The van der Waals surface area contributed by atoms with Crippen LogP contribution in [0.2, 0.25) is 5.02 Å². The number of carbonyl (C=O) groups is 1. The number of nitrogens with zero attached hydrogens (tertiary/aromatic N) is 5. The predicted molar refractivity (Wildman–Crippen MR) is 84.5 cm³/mol. The molecule has 0 saturated heterocycles. The summed E-state index contributed by atoms with van der Waals surface area (Å²) < 4.78 is 1.49. The fourth-order valence-corrected chi connectivity index (χ4v) is 2.74. The lowest BCUT2D eigenvalue weighted by atomic mass is 10.1. The van der Waals surface area contributed by atoms with Gasteiger partial charge in [0.1, 0.15) is 6.33 Å². The first-order valence-corrected chi connectivity index (χ1v) is 8.03. The molecular weight excluding hydrogens is 318 g/mol. The van der Waals surface area contributed by atoms with E-state index in [2.05, 4.69) is 15.5 Å². The third-order valence-electron chi connectivity index (χ3n) is 3.85. The Labute approximate surface area is 138 Å². The van der Waals surface area contributed by atoms with Crippen LogP contribution in [0.5, 0.6) is 0 Å². The van der Waals surface area contributed by atoms with E-state index in [4.69, 9.17) is 16.7 Å². The van der Waals surface area contributed by atoms with Crippen LogP contribution < -0.4 is 0 Å². The maximum atomic E-state index is 12.8. The Morgan fingerprint density at radius 3 is 2.83 bits per heavy atom. The first-order valence-electron chi connectivity index (χ1n) is 7.65. The molecule has 1 aliphatic carbocycles. The molecule has 1 fully saturated rings. The number of unbranched alkanes of at least 4 members (excludes halogenated alkanes) is 1. The number of aliphatic hydroxyl groups is 1. The second-order valence-corrected chi connectivity index (χ2v) is 5.99. The van der Waals surface area contributed by atoms with Gasteiger partial charge in [0.25, 0.3) is 5.91 Å². The zero-order chi connectivity index (χ0) is 16.2. The molecule has 0 unspecified atom stereocenters. The Morgan fingerprint density at radius 1 is 1.39 bits per heavy atom. The molecule has 1 aromatic carbocycles. The van der Waals surface area contributed by atoms with Gasteiger partial charge in [-0.15, -0.1) is 5.10 Å². The van der Waals surface area contributed by atoms with Crippen molar-refractivity contribution < 1.29 is 9.90 Å². The highest BCUT2D eigenvalue weighted by Crippen LogP contribution is 2.30. The van der Waals surface area contributed by atoms with E-state index in [1.54, 1.807) is 18.2 Å². The zero-order valence-electron chi connectivity index (χ0n) is 12.6. The molecule has 0 spiro atoms. The molecule has 122 valence electrons. The van der Waals surface area contributed by atoms with Gasteiger partial charge in [-0.1, -0.05) is 11.6 Å². The number of aliphatic hydroxyl groups excluding tert-OH is 1. The maximum absolute atomic E-state index is 12.8. The standard InChI is InChI=1S/C15H18ClN5O2/c16-14-9-12(21-10-17-18-19-21)5-6-13(14)15(23)20(11-3-4-11)7-1-2-8-22/h5-6,9-11,22H,1-4,7-8H2. The van der Waals surface area contributed by atoms with Crippen molar-refractivity contribution in [2.24, 2.45) is 0 Å². The van der Waals surface area contributed by atoms with Crippen LogP contribution in [0.3, 0.4) is 0 Å². The van der Waals surface area contributed by atoms with Crippen molar-refractivity contribution >= 4 is 17.5 Å². The summed E-state index contributed by atoms with van der Waals surface area (Å²) >= 11 is 6.30. The Hall–Kier alpha value is -1.99. The van der Waals surface area contributed by atoms with Crippen molar-refractivity contribution in [3.05, 3.63) is 35.1 Å². The van der Waals surface area contributed by atoms with E-state index in [0.29, 0.717) is 35.3 Å². The van der Waals surface area contributed by atoms with Crippen LogP contribution in [0, 0.1) is 0 Å². The third kappa shape index (κ3) is 3.68. The molecule has 0 aliphatic heterocycles. The van der Waals surface area contributed by atoms with Crippen molar-refractivity contribution in [3.63, 3.8) is 0 Å². The highest BCUT2D eigenvalue weighted by molar-refractivity contribution is 6.34. The van der Waals surface area contributed by atoms with Gasteiger partial charge in [-0.05, 0) is 54.3 Å². The number of tetrazole rings is 1. The second kappa shape index (κ2) is 7.06. The molecule has 2 aromatic rings. The number of benzene rings is 1. The Balaban J connectivity index is 1.77. The van der Waals surface area contributed by atoms with Crippen LogP contribution in [0.15, 0.2) is 24.5 Å². The average Bonchev–Trinajstić information content (AvgIpc) is 3.23. The average molecular weight is 336 g/mol. The van der Waals surface area contributed by atoms with Crippen molar-refractivity contribution in [2.45, 2.75) is 31.7 Å². The summed E-state index contributed by atoms with van der Waals surface area (Å²) in [6.45, 7) is 0.795. The summed E-state index contributed by atoms with van der Waals surface area (Å²) in [5.41, 5.74) is 1.19. The van der Waals surface area contributed by atoms with Crippen LogP contribution in [0.25, 0.3) is 5.69 Å². The normalized spacial score (nSPS) is 14.0. The summed E-state index contributed by atoms with van der Waals surface area (Å²) in [5, 5.41) is 20.3. The lowest BCUT2D eigenvalue weighted by Crippen LogP contribution is -2.34. The maximum Gasteiger partial charge on any atom is 0.255 e. The van der Waals surface area contributed by atoms with Gasteiger partial charge < -0.3 is 10.0 Å². The van der Waals surface area contributed by atoms with E-state index in [1.807, 2.05) is 4.90 Å². The first kappa shape index (κ1) is 15.9. The smallest absolute Gasteiger partial charge is 0.255 e. The van der Waals surface area contributed by atoms with Gasteiger partial charge in [-0.3, -0.25) is 4.79 Å². The highest BCUT2D eigenvalue weighted by atomic mass is 35.5. The zero-order valence-corrected chi connectivity index (χ0v) is 13.4. The number of carbonyl (C=O) groups excluding carboxylic acids is 1. The predicted octanol–water partition coefficient (Wildman–Crippen LogP) is 1.69. The van der Waals surface area contributed by atoms with Gasteiger partial charge in [-0.25, -0.2) is 4.68 Å².